The molecule has 3 nitrogen and oxygen atoms in total. The van der Waals surface area contributed by atoms with Crippen LogP contribution in [0.2, 0.25) is 0 Å². The maximum absolute atomic E-state index is 12.8. The minimum Gasteiger partial charge on any atom is -0.481 e. The zero-order valence-electron chi connectivity index (χ0n) is 22.3. The van der Waals surface area contributed by atoms with Crippen molar-refractivity contribution in [1.82, 2.24) is 0 Å². The predicted octanol–water partition coefficient (Wildman–Crippen LogP) is 7.23. The molecule has 4 saturated carbocycles. The van der Waals surface area contributed by atoms with E-state index in [2.05, 4.69) is 54.5 Å². The van der Waals surface area contributed by atoms with Crippen molar-refractivity contribution in [3.05, 3.63) is 11.6 Å². The molecule has 2 N–H and O–H groups in total. The smallest absolute Gasteiger partial charge is 0.310 e. The maximum Gasteiger partial charge on any atom is 0.310 e. The maximum atomic E-state index is 12.8. The molecule has 0 radical (unpaired) electrons. The van der Waals surface area contributed by atoms with Crippen LogP contribution in [-0.2, 0) is 4.79 Å². The summed E-state index contributed by atoms with van der Waals surface area (Å²) < 4.78 is 0. The number of hydrogen-bond acceptors (Lipinski definition) is 2. The Morgan fingerprint density at radius 1 is 0.879 bits per heavy atom. The lowest BCUT2D eigenvalue weighted by atomic mass is 9.33. The van der Waals surface area contributed by atoms with Gasteiger partial charge in [-0.05, 0) is 109 Å². The molecule has 0 aromatic heterocycles. The van der Waals surface area contributed by atoms with Crippen LogP contribution in [-0.4, -0.2) is 22.3 Å². The van der Waals surface area contributed by atoms with Crippen LogP contribution in [0.15, 0.2) is 11.6 Å². The van der Waals surface area contributed by atoms with Gasteiger partial charge in [-0.1, -0.05) is 60.1 Å². The Morgan fingerprint density at radius 3 is 2.21 bits per heavy atom. The van der Waals surface area contributed by atoms with Crippen LogP contribution in [0.1, 0.15) is 113 Å². The van der Waals surface area contributed by atoms with Gasteiger partial charge in [0, 0.05) is 0 Å². The number of fused-ring (bicyclic) bond motifs is 7. The highest BCUT2D eigenvalue weighted by molar-refractivity contribution is 5.76. The van der Waals surface area contributed by atoms with Crippen molar-refractivity contribution >= 4 is 5.97 Å². The number of allylic oxidation sites excluding steroid dienone is 2. The van der Waals surface area contributed by atoms with Crippen LogP contribution in [0.3, 0.4) is 0 Å². The first-order valence-corrected chi connectivity index (χ1v) is 13.8. The number of aliphatic hydroxyl groups is 1. The van der Waals surface area contributed by atoms with Gasteiger partial charge in [-0.25, -0.2) is 0 Å². The second-order valence-corrected chi connectivity index (χ2v) is 15.1. The lowest BCUT2D eigenvalue weighted by molar-refractivity contribution is -0.205. The standard InChI is InChI=1S/C30H48O3/c1-25(2)14-16-30(24(32)33)17-15-28(6)19(20(30)18-25)8-9-22-27(5)12-11-23(31)26(3,4)21(27)10-13-29(22,28)7/h8,20-23,31H,9-18H2,1-7H3,(H,32,33)/t20?,21?,22?,23?,27-,28+,29+,30?/m0/s1. The van der Waals surface area contributed by atoms with Crippen LogP contribution in [0, 0.1) is 50.2 Å². The van der Waals surface area contributed by atoms with Gasteiger partial charge in [-0.2, -0.15) is 0 Å². The van der Waals surface area contributed by atoms with Crippen LogP contribution in [0.5, 0.6) is 0 Å². The van der Waals surface area contributed by atoms with Crippen LogP contribution < -0.4 is 0 Å². The van der Waals surface area contributed by atoms with Crippen molar-refractivity contribution in [2.45, 2.75) is 119 Å². The van der Waals surface area contributed by atoms with Gasteiger partial charge in [0.05, 0.1) is 11.5 Å². The van der Waals surface area contributed by atoms with Crippen molar-refractivity contribution in [2.75, 3.05) is 0 Å². The van der Waals surface area contributed by atoms with E-state index in [-0.39, 0.29) is 39.1 Å². The Morgan fingerprint density at radius 2 is 1.55 bits per heavy atom. The van der Waals surface area contributed by atoms with Gasteiger partial charge >= 0.3 is 5.97 Å². The second-order valence-electron chi connectivity index (χ2n) is 15.1. The number of aliphatic hydroxyl groups excluding tert-OH is 1. The molecule has 186 valence electrons. The Balaban J connectivity index is 1.60. The summed E-state index contributed by atoms with van der Waals surface area (Å²) in [7, 11) is 0. The molecule has 0 spiro atoms. The average Bonchev–Trinajstić information content (AvgIpc) is 2.71. The van der Waals surface area contributed by atoms with E-state index < -0.39 is 11.4 Å². The van der Waals surface area contributed by atoms with Crippen LogP contribution in [0.4, 0.5) is 0 Å². The number of carboxylic acid groups (broad SMARTS) is 1. The molecular formula is C30H48O3. The highest BCUT2D eigenvalue weighted by atomic mass is 16.4. The quantitative estimate of drug-likeness (QED) is 0.409. The second kappa shape index (κ2) is 6.89. The first-order chi connectivity index (χ1) is 15.1. The summed E-state index contributed by atoms with van der Waals surface area (Å²) in [6.07, 6.45) is 12.6. The number of hydrogen-bond donors (Lipinski definition) is 2. The Labute approximate surface area is 201 Å². The van der Waals surface area contributed by atoms with Gasteiger partial charge in [-0.3, -0.25) is 4.79 Å². The van der Waals surface area contributed by atoms with Crippen molar-refractivity contribution in [3.63, 3.8) is 0 Å². The molecule has 5 rings (SSSR count). The molecular weight excluding hydrogens is 408 g/mol. The molecule has 0 aliphatic heterocycles. The highest BCUT2D eigenvalue weighted by Gasteiger charge is 2.69. The first kappa shape index (κ1) is 23.9. The monoisotopic (exact) mass is 456 g/mol. The van der Waals surface area contributed by atoms with Gasteiger partial charge in [0.1, 0.15) is 0 Å². The van der Waals surface area contributed by atoms with E-state index >= 15 is 0 Å². The zero-order chi connectivity index (χ0) is 24.2. The summed E-state index contributed by atoms with van der Waals surface area (Å²) in [4.78, 5) is 12.8. The number of carboxylic acids is 1. The minimum atomic E-state index is -0.553. The molecule has 0 aromatic rings. The fourth-order valence-corrected chi connectivity index (χ4v) is 10.6. The first-order valence-electron chi connectivity index (χ1n) is 13.8. The van der Waals surface area contributed by atoms with E-state index in [4.69, 9.17) is 0 Å². The summed E-state index contributed by atoms with van der Waals surface area (Å²) in [6.45, 7) is 16.9. The molecule has 0 aromatic carbocycles. The average molecular weight is 457 g/mol. The third-order valence-electron chi connectivity index (χ3n) is 13.0. The van der Waals surface area contributed by atoms with Gasteiger partial charge in [0.15, 0.2) is 0 Å². The van der Waals surface area contributed by atoms with E-state index in [9.17, 15) is 15.0 Å². The third kappa shape index (κ3) is 2.87. The van der Waals surface area contributed by atoms with Gasteiger partial charge in [-0.15, -0.1) is 0 Å². The van der Waals surface area contributed by atoms with E-state index in [1.807, 2.05) is 0 Å². The lowest BCUT2D eigenvalue weighted by Crippen LogP contribution is -2.65. The van der Waals surface area contributed by atoms with Crippen molar-refractivity contribution < 1.29 is 15.0 Å². The normalized spacial score (nSPS) is 52.4. The molecule has 5 aliphatic carbocycles. The third-order valence-corrected chi connectivity index (χ3v) is 13.0. The predicted molar refractivity (Wildman–Crippen MR) is 133 cm³/mol. The van der Waals surface area contributed by atoms with E-state index in [0.29, 0.717) is 11.8 Å². The minimum absolute atomic E-state index is 0.0301. The lowest BCUT2D eigenvalue weighted by Gasteiger charge is -2.71. The largest absolute Gasteiger partial charge is 0.481 e. The molecule has 5 unspecified atom stereocenters. The van der Waals surface area contributed by atoms with E-state index in [0.717, 1.165) is 51.4 Å². The van der Waals surface area contributed by atoms with Crippen molar-refractivity contribution in [3.8, 4) is 0 Å². The molecule has 33 heavy (non-hydrogen) atoms. The topological polar surface area (TPSA) is 57.5 Å². The molecule has 5 aliphatic rings. The summed E-state index contributed by atoms with van der Waals surface area (Å²) in [6, 6.07) is 0. The summed E-state index contributed by atoms with van der Waals surface area (Å²) in [5.74, 6) is 0.807. The Hall–Kier alpha value is -0.830. The SMILES string of the molecule is CC1(C)CCC2(C(=O)O)CC[C@]3(C)C(=CCC4[C@@]5(C)CCC(O)C(C)(C)C5CC[C@]43C)C2C1. The van der Waals surface area contributed by atoms with E-state index in [1.54, 1.807) is 0 Å². The van der Waals surface area contributed by atoms with Gasteiger partial charge in [0.25, 0.3) is 0 Å². The fourth-order valence-electron chi connectivity index (χ4n) is 10.6. The Bertz CT molecular complexity index is 885. The van der Waals surface area contributed by atoms with Crippen molar-refractivity contribution in [2.24, 2.45) is 50.2 Å². The number of carbonyl (C=O) groups is 1. The molecule has 8 atom stereocenters. The summed E-state index contributed by atoms with van der Waals surface area (Å²) in [5, 5.41) is 21.4. The molecule has 0 bridgehead atoms. The summed E-state index contributed by atoms with van der Waals surface area (Å²) in [5.41, 5.74) is 1.68. The number of aliphatic carboxylic acids is 1. The molecule has 4 fully saturated rings. The van der Waals surface area contributed by atoms with E-state index in [1.165, 1.54) is 18.4 Å². The van der Waals surface area contributed by atoms with Gasteiger partial charge < -0.3 is 10.2 Å². The van der Waals surface area contributed by atoms with Crippen LogP contribution in [0.25, 0.3) is 0 Å². The molecule has 0 heterocycles. The molecule has 3 heteroatoms. The summed E-state index contributed by atoms with van der Waals surface area (Å²) >= 11 is 0. The fraction of sp³-hybridized carbons (Fsp3) is 0.900. The van der Waals surface area contributed by atoms with Crippen LogP contribution >= 0.6 is 0 Å². The molecule has 0 amide bonds. The highest BCUT2D eigenvalue weighted by Crippen LogP contribution is 2.75. The number of rotatable bonds is 1. The zero-order valence-corrected chi connectivity index (χ0v) is 22.3. The Kier molecular flexibility index (Phi) is 4.99. The van der Waals surface area contributed by atoms with Gasteiger partial charge in [0.2, 0.25) is 0 Å². The van der Waals surface area contributed by atoms with Crippen molar-refractivity contribution in [1.29, 1.82) is 0 Å². The molecule has 0 saturated heterocycles.